The number of carboxylic acids is 1. The van der Waals surface area contributed by atoms with E-state index in [1.165, 1.54) is 0 Å². The molecule has 0 saturated carbocycles. The van der Waals surface area contributed by atoms with Gasteiger partial charge in [0.05, 0.1) is 27.1 Å². The number of carbonyl (C=O) groups excluding carboxylic acids is 1. The summed E-state index contributed by atoms with van der Waals surface area (Å²) in [5, 5.41) is 9.89. The second kappa shape index (κ2) is 18.1. The molecule has 0 atom stereocenters. The van der Waals surface area contributed by atoms with Crippen molar-refractivity contribution in [2.24, 2.45) is 0 Å². The molecule has 96 valence electrons. The molecule has 12 N–H and O–H groups in total. The van der Waals surface area contributed by atoms with Gasteiger partial charge in [-0.15, -0.1) is 0 Å². The van der Waals surface area contributed by atoms with E-state index in [1.807, 2.05) is 0 Å². The third-order valence-corrected chi connectivity index (χ3v) is 0.603. The number of rotatable bonds is 2. The van der Waals surface area contributed by atoms with Gasteiger partial charge in [0, 0.05) is 0 Å². The minimum atomic E-state index is -1.00. The van der Waals surface area contributed by atoms with Crippen LogP contribution in [0, 0.1) is 0 Å². The van der Waals surface area contributed by atoms with E-state index in [1.54, 1.807) is 21.1 Å². The van der Waals surface area contributed by atoms with Gasteiger partial charge in [-0.05, 0) is 0 Å². The number of aliphatic carboxylic acids is 1. The van der Waals surface area contributed by atoms with E-state index < -0.39 is 5.97 Å². The van der Waals surface area contributed by atoms with Crippen molar-refractivity contribution < 1.29 is 47.2 Å². The van der Waals surface area contributed by atoms with Crippen LogP contribution in [0.15, 0.2) is 0 Å². The van der Waals surface area contributed by atoms with Crippen molar-refractivity contribution in [3.63, 3.8) is 0 Å². The van der Waals surface area contributed by atoms with Crippen LogP contribution in [0.5, 0.6) is 0 Å². The summed E-state index contributed by atoms with van der Waals surface area (Å²) >= 11 is 0. The molecule has 0 aromatic heterocycles. The molecule has 9 nitrogen and oxygen atoms in total. The Kier molecular flexibility index (Phi) is 66.0. The van der Waals surface area contributed by atoms with Crippen molar-refractivity contribution in [2.75, 3.05) is 27.7 Å². The first-order valence-electron chi connectivity index (χ1n) is 2.42. The second-order valence-corrected chi connectivity index (χ2v) is 2.82. The Hall–Kier alpha value is -0.810. The first-order chi connectivity index (χ1) is 3.42. The first kappa shape index (κ1) is 51.2. The third-order valence-electron chi connectivity index (χ3n) is 0.603. The van der Waals surface area contributed by atoms with Gasteiger partial charge in [0.1, 0.15) is 6.54 Å². The number of hydrogen-bond acceptors (Lipinski definition) is 2. The monoisotopic (exact) mass is 225 g/mol. The quantitative estimate of drug-likeness (QED) is 0.417. The Balaban J connectivity index is -0.0000000163. The zero-order valence-electron chi connectivity index (χ0n) is 8.47. The molecule has 0 saturated heterocycles. The van der Waals surface area contributed by atoms with Crippen LogP contribution in [-0.4, -0.2) is 71.0 Å². The average Bonchev–Trinajstić information content (AvgIpc) is 1.21. The van der Waals surface area contributed by atoms with E-state index in [4.69, 9.17) is 0 Å². The van der Waals surface area contributed by atoms with Crippen molar-refractivity contribution in [2.45, 2.75) is 0 Å². The summed E-state index contributed by atoms with van der Waals surface area (Å²) in [5.41, 5.74) is 0. The minimum Gasteiger partial charge on any atom is -0.544 e. The predicted molar refractivity (Wildman–Crippen MR) is 49.6 cm³/mol. The lowest BCUT2D eigenvalue weighted by molar-refractivity contribution is -0.864. The molecular formula is C5H23NO8. The number of nitrogens with zero attached hydrogens (tertiary/aromatic N) is 1. The van der Waals surface area contributed by atoms with Crippen LogP contribution in [0.2, 0.25) is 0 Å². The molecule has 0 aromatic rings. The molecule has 0 bridgehead atoms. The number of likely N-dealkylation sites (N-methyl/N-ethyl adjacent to an activating group) is 1. The smallest absolute Gasteiger partial charge is 0.118 e. The molecular weight excluding hydrogens is 202 g/mol. The number of carboxylic acid groups (broad SMARTS) is 1. The Morgan fingerprint density at radius 2 is 1.14 bits per heavy atom. The molecule has 0 heterocycles. The fourth-order valence-electron chi connectivity index (χ4n) is 0.387. The van der Waals surface area contributed by atoms with Crippen LogP contribution < -0.4 is 5.11 Å². The van der Waals surface area contributed by atoms with E-state index in [-0.39, 0.29) is 39.4 Å². The lowest BCUT2D eigenvalue weighted by atomic mass is 10.5. The lowest BCUT2D eigenvalue weighted by Crippen LogP contribution is -2.45. The van der Waals surface area contributed by atoms with Gasteiger partial charge in [-0.2, -0.15) is 0 Å². The Labute approximate surface area is 82.0 Å². The number of quaternary nitrogens is 1. The van der Waals surface area contributed by atoms with Crippen molar-refractivity contribution in [3.8, 4) is 0 Å². The van der Waals surface area contributed by atoms with Crippen LogP contribution in [0.3, 0.4) is 0 Å². The molecule has 0 amide bonds. The highest BCUT2D eigenvalue weighted by Gasteiger charge is 2.04. The number of carbonyl (C=O) groups is 1. The molecule has 0 spiro atoms. The highest BCUT2D eigenvalue weighted by atomic mass is 16.4. The molecule has 0 radical (unpaired) electrons. The Morgan fingerprint density at radius 3 is 1.14 bits per heavy atom. The van der Waals surface area contributed by atoms with Gasteiger partial charge in [-0.1, -0.05) is 0 Å². The topological polar surface area (TPSA) is 229 Å². The maximum Gasteiger partial charge on any atom is 0.118 e. The largest absolute Gasteiger partial charge is 0.544 e. The van der Waals surface area contributed by atoms with Gasteiger partial charge in [0.2, 0.25) is 0 Å². The summed E-state index contributed by atoms with van der Waals surface area (Å²) in [7, 11) is 5.40. The Bertz CT molecular complexity index is 100. The standard InChI is InChI=1S/C5H11NO2.6H2O/c1-6(2,3)4-5(7)8;;;;;;/h4H2,1-3H3;6*1H2. The van der Waals surface area contributed by atoms with Gasteiger partial charge in [0.25, 0.3) is 0 Å². The molecule has 9 heteroatoms. The average molecular weight is 225 g/mol. The molecule has 0 rings (SSSR count). The molecule has 0 fully saturated rings. The van der Waals surface area contributed by atoms with Crippen LogP contribution in [0.1, 0.15) is 0 Å². The van der Waals surface area contributed by atoms with Crippen LogP contribution in [-0.2, 0) is 4.79 Å². The number of hydrogen-bond donors (Lipinski definition) is 0. The second-order valence-electron chi connectivity index (χ2n) is 2.82. The summed E-state index contributed by atoms with van der Waals surface area (Å²) in [6, 6.07) is 0. The zero-order chi connectivity index (χ0) is 6.78. The third kappa shape index (κ3) is 66.2. The normalized spacial score (nSPS) is 6.50. The van der Waals surface area contributed by atoms with Crippen molar-refractivity contribution in [3.05, 3.63) is 0 Å². The molecule has 0 unspecified atom stereocenters. The fraction of sp³-hybridized carbons (Fsp3) is 0.800. The summed E-state index contributed by atoms with van der Waals surface area (Å²) < 4.78 is 0.419. The van der Waals surface area contributed by atoms with E-state index in [9.17, 15) is 9.90 Å². The first-order valence-corrected chi connectivity index (χ1v) is 2.42. The van der Waals surface area contributed by atoms with Crippen molar-refractivity contribution in [1.82, 2.24) is 0 Å². The highest BCUT2D eigenvalue weighted by Crippen LogP contribution is 1.84. The van der Waals surface area contributed by atoms with Crippen LogP contribution in [0.25, 0.3) is 0 Å². The zero-order valence-corrected chi connectivity index (χ0v) is 8.47. The summed E-state index contributed by atoms with van der Waals surface area (Å²) in [4.78, 5) is 9.89. The minimum absolute atomic E-state index is 0. The van der Waals surface area contributed by atoms with Gasteiger partial charge < -0.3 is 47.2 Å². The van der Waals surface area contributed by atoms with Gasteiger partial charge >= 0.3 is 0 Å². The molecule has 0 aliphatic carbocycles. The Morgan fingerprint density at radius 1 is 0.929 bits per heavy atom. The summed E-state index contributed by atoms with van der Waals surface area (Å²) in [5.74, 6) is -1.00. The van der Waals surface area contributed by atoms with Crippen LogP contribution in [0.4, 0.5) is 0 Å². The van der Waals surface area contributed by atoms with Crippen molar-refractivity contribution in [1.29, 1.82) is 0 Å². The molecule has 14 heavy (non-hydrogen) atoms. The van der Waals surface area contributed by atoms with Gasteiger partial charge in [-0.3, -0.25) is 0 Å². The SMILES string of the molecule is C[N+](C)(C)CC(=O)[O-].O.O.O.O.O.O. The van der Waals surface area contributed by atoms with E-state index in [0.717, 1.165) is 0 Å². The van der Waals surface area contributed by atoms with E-state index >= 15 is 0 Å². The highest BCUT2D eigenvalue weighted by molar-refractivity contribution is 5.65. The lowest BCUT2D eigenvalue weighted by Gasteiger charge is -2.23. The van der Waals surface area contributed by atoms with Crippen LogP contribution >= 0.6 is 0 Å². The molecule has 0 aliphatic heterocycles. The summed E-state index contributed by atoms with van der Waals surface area (Å²) in [6.07, 6.45) is 0. The fourth-order valence-corrected chi connectivity index (χ4v) is 0.387. The van der Waals surface area contributed by atoms with E-state index in [0.29, 0.717) is 4.48 Å². The molecule has 0 aliphatic rings. The maximum absolute atomic E-state index is 9.89. The maximum atomic E-state index is 9.89. The van der Waals surface area contributed by atoms with E-state index in [2.05, 4.69) is 0 Å². The van der Waals surface area contributed by atoms with Crippen molar-refractivity contribution >= 4 is 5.97 Å². The predicted octanol–water partition coefficient (Wildman–Crippen LogP) is -6.51. The molecule has 0 aromatic carbocycles. The van der Waals surface area contributed by atoms with Gasteiger partial charge in [-0.25, -0.2) is 0 Å². The van der Waals surface area contributed by atoms with Gasteiger partial charge in [0.15, 0.2) is 0 Å². The summed E-state index contributed by atoms with van der Waals surface area (Å²) in [6.45, 7) is 0.0694.